The summed E-state index contributed by atoms with van der Waals surface area (Å²) in [7, 11) is 1.59. The molecule has 0 aliphatic rings. The molecule has 0 saturated heterocycles. The second-order valence-electron chi connectivity index (χ2n) is 6.79. The number of carbonyl (C=O) groups excluding carboxylic acids is 1. The minimum atomic E-state index is -0.469. The lowest BCUT2D eigenvalue weighted by atomic mass is 10.2. The summed E-state index contributed by atoms with van der Waals surface area (Å²) < 4.78 is 6.93. The zero-order chi connectivity index (χ0) is 21.8. The lowest BCUT2D eigenvalue weighted by molar-refractivity contribution is -0.120. The van der Waals surface area contributed by atoms with E-state index in [-0.39, 0.29) is 11.5 Å². The molecule has 0 saturated carbocycles. The number of aromatic nitrogens is 4. The highest BCUT2D eigenvalue weighted by Gasteiger charge is 2.18. The summed E-state index contributed by atoms with van der Waals surface area (Å²) in [6, 6.07) is 17.0. The fraction of sp³-hybridized carbons (Fsp3) is 0.182. The van der Waals surface area contributed by atoms with Gasteiger partial charge in [0.15, 0.2) is 10.8 Å². The van der Waals surface area contributed by atoms with Gasteiger partial charge in [-0.05, 0) is 25.1 Å². The van der Waals surface area contributed by atoms with E-state index >= 15 is 0 Å². The Hall–Kier alpha value is -3.59. The lowest BCUT2D eigenvalue weighted by Gasteiger charge is -2.13. The average Bonchev–Trinajstić information content (AvgIpc) is 3.22. The molecule has 0 bridgehead atoms. The molecule has 0 unspecified atom stereocenters. The maximum Gasteiger partial charge on any atom is 0.262 e. The second-order valence-corrected chi connectivity index (χ2v) is 8.12. The Bertz CT molecular complexity index is 1270. The molecular weight excluding hydrogens is 414 g/mol. The molecular formula is C22H21N5O3S. The molecule has 0 spiro atoms. The molecule has 0 radical (unpaired) electrons. The van der Waals surface area contributed by atoms with Crippen LogP contribution in [0, 0.1) is 0 Å². The highest BCUT2D eigenvalue weighted by atomic mass is 32.2. The number of thioether (sulfide) groups is 1. The standard InChI is InChI=1S/C22H21N5O3S/c1-14(20(28)23-12-15-8-6-7-11-18(15)30-2)31-22-25-19-17(21(29)26-22)13-24-27(19)16-9-4-3-5-10-16/h3-11,13-14H,12H2,1-2H3,(H,23,28)(H,25,26,29)/t14-/m0/s1. The van der Waals surface area contributed by atoms with E-state index < -0.39 is 5.25 Å². The summed E-state index contributed by atoms with van der Waals surface area (Å²) in [6.07, 6.45) is 1.49. The molecule has 8 nitrogen and oxygen atoms in total. The Kier molecular flexibility index (Phi) is 6.03. The summed E-state index contributed by atoms with van der Waals surface area (Å²) >= 11 is 1.18. The van der Waals surface area contributed by atoms with E-state index in [0.717, 1.165) is 11.3 Å². The number of para-hydroxylation sites is 2. The van der Waals surface area contributed by atoms with Gasteiger partial charge in [-0.1, -0.05) is 48.2 Å². The Morgan fingerprint density at radius 2 is 1.94 bits per heavy atom. The number of nitrogens with one attached hydrogen (secondary N) is 2. The van der Waals surface area contributed by atoms with E-state index in [1.807, 2.05) is 54.6 Å². The Balaban J connectivity index is 1.51. The van der Waals surface area contributed by atoms with E-state index in [1.165, 1.54) is 18.0 Å². The SMILES string of the molecule is COc1ccccc1CNC(=O)[C@H](C)Sc1nc2c(cnn2-c2ccccc2)c(=O)[nH]1. The molecule has 4 aromatic rings. The first kappa shape index (κ1) is 20.7. The minimum Gasteiger partial charge on any atom is -0.496 e. The first-order chi connectivity index (χ1) is 15.1. The molecule has 31 heavy (non-hydrogen) atoms. The van der Waals surface area contributed by atoms with Crippen molar-refractivity contribution in [3.63, 3.8) is 0 Å². The molecule has 158 valence electrons. The van der Waals surface area contributed by atoms with Gasteiger partial charge < -0.3 is 15.0 Å². The molecule has 0 fully saturated rings. The largest absolute Gasteiger partial charge is 0.496 e. The fourth-order valence-electron chi connectivity index (χ4n) is 3.11. The van der Waals surface area contributed by atoms with E-state index in [9.17, 15) is 9.59 Å². The minimum absolute atomic E-state index is 0.171. The van der Waals surface area contributed by atoms with E-state index in [2.05, 4.69) is 20.4 Å². The van der Waals surface area contributed by atoms with Crippen molar-refractivity contribution in [3.05, 3.63) is 76.7 Å². The van der Waals surface area contributed by atoms with Crippen LogP contribution in [-0.4, -0.2) is 38.0 Å². The lowest BCUT2D eigenvalue weighted by Crippen LogP contribution is -2.30. The molecule has 2 N–H and O–H groups in total. The summed E-state index contributed by atoms with van der Waals surface area (Å²) in [5.74, 6) is 0.545. The maximum atomic E-state index is 12.6. The molecule has 2 heterocycles. The third-order valence-electron chi connectivity index (χ3n) is 4.72. The van der Waals surface area contributed by atoms with Crippen LogP contribution in [0.4, 0.5) is 0 Å². The average molecular weight is 436 g/mol. The molecule has 1 amide bonds. The third kappa shape index (κ3) is 4.46. The molecule has 0 aliphatic carbocycles. The maximum absolute atomic E-state index is 12.6. The number of H-pyrrole nitrogens is 1. The van der Waals surface area contributed by atoms with Crippen LogP contribution in [0.15, 0.2) is 70.7 Å². The van der Waals surface area contributed by atoms with E-state index in [4.69, 9.17) is 4.74 Å². The molecule has 9 heteroatoms. The second kappa shape index (κ2) is 9.05. The number of benzene rings is 2. The first-order valence-electron chi connectivity index (χ1n) is 9.66. The topological polar surface area (TPSA) is 102 Å². The number of hydrogen-bond acceptors (Lipinski definition) is 6. The van der Waals surface area contributed by atoms with Crippen molar-refractivity contribution in [2.45, 2.75) is 23.9 Å². The van der Waals surface area contributed by atoms with Crippen molar-refractivity contribution >= 4 is 28.7 Å². The van der Waals surface area contributed by atoms with Crippen molar-refractivity contribution < 1.29 is 9.53 Å². The number of amides is 1. The predicted octanol–water partition coefficient (Wildman–Crippen LogP) is 2.91. The number of hydrogen-bond donors (Lipinski definition) is 2. The van der Waals surface area contributed by atoms with Crippen LogP contribution >= 0.6 is 11.8 Å². The van der Waals surface area contributed by atoms with Crippen LogP contribution < -0.4 is 15.6 Å². The zero-order valence-corrected chi connectivity index (χ0v) is 17.8. The number of nitrogens with zero attached hydrogens (tertiary/aromatic N) is 3. The summed E-state index contributed by atoms with van der Waals surface area (Å²) in [4.78, 5) is 32.4. The summed E-state index contributed by atoms with van der Waals surface area (Å²) in [5, 5.41) is 7.47. The molecule has 2 aromatic carbocycles. The van der Waals surface area contributed by atoms with Crippen LogP contribution in [-0.2, 0) is 11.3 Å². The predicted molar refractivity (Wildman–Crippen MR) is 120 cm³/mol. The number of aromatic amines is 1. The van der Waals surface area contributed by atoms with Crippen molar-refractivity contribution in [1.82, 2.24) is 25.1 Å². The first-order valence-corrected chi connectivity index (χ1v) is 10.5. The Morgan fingerprint density at radius 3 is 2.71 bits per heavy atom. The van der Waals surface area contributed by atoms with Gasteiger partial charge >= 0.3 is 0 Å². The van der Waals surface area contributed by atoms with Gasteiger partial charge in [0.1, 0.15) is 11.1 Å². The van der Waals surface area contributed by atoms with Crippen molar-refractivity contribution in [2.24, 2.45) is 0 Å². The number of carbonyl (C=O) groups is 1. The van der Waals surface area contributed by atoms with Crippen LogP contribution in [0.1, 0.15) is 12.5 Å². The van der Waals surface area contributed by atoms with E-state index in [0.29, 0.717) is 28.5 Å². The van der Waals surface area contributed by atoms with Crippen LogP contribution in [0.25, 0.3) is 16.7 Å². The van der Waals surface area contributed by atoms with Gasteiger partial charge in [0.05, 0.1) is 24.2 Å². The smallest absolute Gasteiger partial charge is 0.262 e. The number of methoxy groups -OCH3 is 1. The third-order valence-corrected chi connectivity index (χ3v) is 5.70. The van der Waals surface area contributed by atoms with Gasteiger partial charge in [-0.15, -0.1) is 0 Å². The van der Waals surface area contributed by atoms with Gasteiger partial charge in [0, 0.05) is 12.1 Å². The number of fused-ring (bicyclic) bond motifs is 1. The molecule has 2 aromatic heterocycles. The van der Waals surface area contributed by atoms with Crippen LogP contribution in [0.3, 0.4) is 0 Å². The Morgan fingerprint density at radius 1 is 1.19 bits per heavy atom. The number of rotatable bonds is 7. The summed E-state index contributed by atoms with van der Waals surface area (Å²) in [6.45, 7) is 2.11. The van der Waals surface area contributed by atoms with Gasteiger partial charge in [-0.2, -0.15) is 5.10 Å². The quantitative estimate of drug-likeness (QED) is 0.342. The van der Waals surface area contributed by atoms with Gasteiger partial charge in [0.2, 0.25) is 5.91 Å². The van der Waals surface area contributed by atoms with Gasteiger partial charge in [-0.3, -0.25) is 9.59 Å². The fourth-order valence-corrected chi connectivity index (χ4v) is 3.92. The van der Waals surface area contributed by atoms with Crippen molar-refractivity contribution in [1.29, 1.82) is 0 Å². The van der Waals surface area contributed by atoms with E-state index in [1.54, 1.807) is 18.7 Å². The van der Waals surface area contributed by atoms with Crippen LogP contribution in [0.5, 0.6) is 5.75 Å². The van der Waals surface area contributed by atoms with Gasteiger partial charge in [0.25, 0.3) is 5.56 Å². The van der Waals surface area contributed by atoms with Gasteiger partial charge in [-0.25, -0.2) is 9.67 Å². The monoisotopic (exact) mass is 435 g/mol. The highest BCUT2D eigenvalue weighted by Crippen LogP contribution is 2.22. The van der Waals surface area contributed by atoms with Crippen LogP contribution in [0.2, 0.25) is 0 Å². The normalized spacial score (nSPS) is 11.9. The Labute approximate surface area is 182 Å². The van der Waals surface area contributed by atoms with Crippen molar-refractivity contribution in [3.8, 4) is 11.4 Å². The molecule has 4 rings (SSSR count). The molecule has 0 aliphatic heterocycles. The summed E-state index contributed by atoms with van der Waals surface area (Å²) in [5.41, 5.74) is 1.83. The number of ether oxygens (including phenoxy) is 1. The van der Waals surface area contributed by atoms with Crippen molar-refractivity contribution in [2.75, 3.05) is 7.11 Å². The molecule has 1 atom stereocenters. The highest BCUT2D eigenvalue weighted by molar-refractivity contribution is 8.00. The zero-order valence-electron chi connectivity index (χ0n) is 17.0.